The molecule has 0 unspecified atom stereocenters. The number of carbonyl (C=O) groups is 2. The Hall–Kier alpha value is -2.90. The summed E-state index contributed by atoms with van der Waals surface area (Å²) in [5.41, 5.74) is 1.31. The largest absolute Gasteiger partial charge is 0.497 e. The van der Waals surface area contributed by atoms with Gasteiger partial charge in [0.15, 0.2) is 0 Å². The highest BCUT2D eigenvalue weighted by Gasteiger charge is 2.19. The topological polar surface area (TPSA) is 74.3 Å². The first-order valence-electron chi connectivity index (χ1n) is 10.3. The lowest BCUT2D eigenvalue weighted by atomic mass is 10.1. The van der Waals surface area contributed by atoms with E-state index in [0.717, 1.165) is 10.5 Å². The maximum absolute atomic E-state index is 12.8. The number of rotatable bonds is 12. The summed E-state index contributed by atoms with van der Waals surface area (Å²) < 4.78 is 21.1. The van der Waals surface area contributed by atoms with E-state index in [1.54, 1.807) is 38.5 Å². The highest BCUT2D eigenvalue weighted by molar-refractivity contribution is 5.99. The van der Waals surface area contributed by atoms with Crippen molar-refractivity contribution in [2.24, 2.45) is 0 Å². The standard InChI is InChI=1S/C22H27NO6.C2H6/c1-26-11-12-28-13-14-29-21-6-4-3-5-19(15-21)22(25)23(17-24)16-18-7-9-20(27-2)10-8-18;1-2/h3-4,6-10,15,17H,5,11-14,16H2,1-2H3;1-2H3. The normalized spacial score (nSPS) is 12.5. The van der Waals surface area contributed by atoms with Crippen LogP contribution in [0, 0.1) is 0 Å². The lowest BCUT2D eigenvalue weighted by Crippen LogP contribution is -2.30. The van der Waals surface area contributed by atoms with Crippen LogP contribution < -0.4 is 4.74 Å². The van der Waals surface area contributed by atoms with E-state index in [1.165, 1.54) is 0 Å². The highest BCUT2D eigenvalue weighted by atomic mass is 16.5. The van der Waals surface area contributed by atoms with Gasteiger partial charge in [0.25, 0.3) is 5.91 Å². The Kier molecular flexibility index (Phi) is 13.4. The number of allylic oxidation sites excluding steroid dienone is 4. The minimum absolute atomic E-state index is 0.181. The second-order valence-electron chi connectivity index (χ2n) is 6.21. The van der Waals surface area contributed by atoms with Gasteiger partial charge in [-0.3, -0.25) is 14.5 Å². The van der Waals surface area contributed by atoms with Gasteiger partial charge in [0.2, 0.25) is 6.41 Å². The van der Waals surface area contributed by atoms with E-state index in [1.807, 2.05) is 38.1 Å². The molecule has 2 rings (SSSR count). The Morgan fingerprint density at radius 1 is 1.06 bits per heavy atom. The second kappa shape index (κ2) is 15.9. The minimum atomic E-state index is -0.354. The van der Waals surface area contributed by atoms with Crippen molar-refractivity contribution in [3.63, 3.8) is 0 Å². The van der Waals surface area contributed by atoms with Crippen molar-refractivity contribution in [2.75, 3.05) is 40.6 Å². The van der Waals surface area contributed by atoms with Gasteiger partial charge in [-0.05, 0) is 36.3 Å². The molecule has 31 heavy (non-hydrogen) atoms. The van der Waals surface area contributed by atoms with E-state index in [9.17, 15) is 9.59 Å². The lowest BCUT2D eigenvalue weighted by molar-refractivity contribution is -0.135. The quantitative estimate of drug-likeness (QED) is 0.371. The number of methoxy groups -OCH3 is 2. The molecule has 1 aromatic rings. The molecule has 0 N–H and O–H groups in total. The number of hydrogen-bond donors (Lipinski definition) is 0. The van der Waals surface area contributed by atoms with Gasteiger partial charge in [-0.1, -0.05) is 38.1 Å². The van der Waals surface area contributed by atoms with Gasteiger partial charge in [-0.25, -0.2) is 0 Å². The first-order chi connectivity index (χ1) is 15.2. The summed E-state index contributed by atoms with van der Waals surface area (Å²) in [7, 11) is 3.20. The molecular weight excluding hydrogens is 398 g/mol. The number of ether oxygens (including phenoxy) is 4. The van der Waals surface area contributed by atoms with Crippen LogP contribution >= 0.6 is 0 Å². The third-order valence-electron chi connectivity index (χ3n) is 4.15. The second-order valence-corrected chi connectivity index (χ2v) is 6.21. The molecule has 7 nitrogen and oxygen atoms in total. The van der Waals surface area contributed by atoms with Crippen LogP contribution in [0.3, 0.4) is 0 Å². The third kappa shape index (κ3) is 9.63. The van der Waals surface area contributed by atoms with E-state index >= 15 is 0 Å². The maximum Gasteiger partial charge on any atom is 0.256 e. The Morgan fingerprint density at radius 3 is 2.42 bits per heavy atom. The van der Waals surface area contributed by atoms with Crippen molar-refractivity contribution >= 4 is 12.3 Å². The van der Waals surface area contributed by atoms with Crippen molar-refractivity contribution < 1.29 is 28.5 Å². The molecule has 0 bridgehead atoms. The molecule has 170 valence electrons. The third-order valence-corrected chi connectivity index (χ3v) is 4.15. The first kappa shape index (κ1) is 26.1. The van der Waals surface area contributed by atoms with Crippen LogP contribution in [-0.2, 0) is 30.3 Å². The van der Waals surface area contributed by atoms with Crippen molar-refractivity contribution in [3.05, 3.63) is 65.5 Å². The zero-order valence-electron chi connectivity index (χ0n) is 18.8. The summed E-state index contributed by atoms with van der Waals surface area (Å²) in [4.78, 5) is 25.5. The van der Waals surface area contributed by atoms with E-state index in [0.29, 0.717) is 56.3 Å². The molecule has 0 radical (unpaired) electrons. The van der Waals surface area contributed by atoms with Gasteiger partial charge in [0.1, 0.15) is 18.1 Å². The van der Waals surface area contributed by atoms with Crippen LogP contribution in [0.2, 0.25) is 0 Å². The van der Waals surface area contributed by atoms with Crippen LogP contribution in [0.5, 0.6) is 5.75 Å². The molecular formula is C24H33NO6. The van der Waals surface area contributed by atoms with Gasteiger partial charge in [0.05, 0.1) is 33.5 Å². The minimum Gasteiger partial charge on any atom is -0.497 e. The Bertz CT molecular complexity index is 752. The SMILES string of the molecule is CC.COCCOCCOC1=CC=CCC(C(=O)N(C=O)Cc2ccc(OC)cc2)=C1. The average molecular weight is 432 g/mol. The Balaban J connectivity index is 0.00000233. The molecule has 0 saturated heterocycles. The van der Waals surface area contributed by atoms with Crippen LogP contribution in [0.25, 0.3) is 0 Å². The molecule has 0 aromatic heterocycles. The summed E-state index contributed by atoms with van der Waals surface area (Å²) in [6.07, 6.45) is 8.10. The molecule has 0 aliphatic heterocycles. The summed E-state index contributed by atoms with van der Waals surface area (Å²) in [5.74, 6) is 0.911. The predicted octanol–water partition coefficient (Wildman–Crippen LogP) is 3.66. The zero-order chi connectivity index (χ0) is 22.9. The van der Waals surface area contributed by atoms with E-state index < -0.39 is 0 Å². The molecule has 0 atom stereocenters. The monoisotopic (exact) mass is 431 g/mol. The summed E-state index contributed by atoms with van der Waals surface area (Å²) in [6.45, 7) is 5.97. The number of carbonyl (C=O) groups excluding carboxylic acids is 2. The predicted molar refractivity (Wildman–Crippen MR) is 120 cm³/mol. The summed E-state index contributed by atoms with van der Waals surface area (Å²) >= 11 is 0. The van der Waals surface area contributed by atoms with E-state index in [4.69, 9.17) is 18.9 Å². The fourth-order valence-electron chi connectivity index (χ4n) is 2.61. The van der Waals surface area contributed by atoms with E-state index in [-0.39, 0.29) is 12.5 Å². The molecule has 0 saturated carbocycles. The van der Waals surface area contributed by atoms with Gasteiger partial charge in [-0.2, -0.15) is 0 Å². The Labute approximate surface area is 184 Å². The molecule has 1 aliphatic rings. The maximum atomic E-state index is 12.8. The number of imide groups is 1. The molecule has 2 amide bonds. The van der Waals surface area contributed by atoms with Crippen molar-refractivity contribution in [3.8, 4) is 5.75 Å². The Morgan fingerprint density at radius 2 is 1.77 bits per heavy atom. The van der Waals surface area contributed by atoms with Crippen molar-refractivity contribution in [1.82, 2.24) is 4.90 Å². The number of nitrogens with zero attached hydrogens (tertiary/aromatic N) is 1. The van der Waals surface area contributed by atoms with Gasteiger partial charge < -0.3 is 18.9 Å². The van der Waals surface area contributed by atoms with Crippen molar-refractivity contribution in [1.29, 1.82) is 0 Å². The van der Waals surface area contributed by atoms with Crippen molar-refractivity contribution in [2.45, 2.75) is 26.8 Å². The fourth-order valence-corrected chi connectivity index (χ4v) is 2.61. The van der Waals surface area contributed by atoms with E-state index in [2.05, 4.69) is 0 Å². The molecule has 7 heteroatoms. The first-order valence-corrected chi connectivity index (χ1v) is 10.3. The number of benzene rings is 1. The fraction of sp³-hybridized carbons (Fsp3) is 0.417. The molecule has 0 fully saturated rings. The lowest BCUT2D eigenvalue weighted by Gasteiger charge is -2.17. The van der Waals surface area contributed by atoms with Crippen LogP contribution in [-0.4, -0.2) is 57.9 Å². The average Bonchev–Trinajstić information content (AvgIpc) is 3.07. The van der Waals surface area contributed by atoms with Crippen LogP contribution in [0.1, 0.15) is 25.8 Å². The molecule has 0 heterocycles. The smallest absolute Gasteiger partial charge is 0.256 e. The molecule has 1 aliphatic carbocycles. The molecule has 1 aromatic carbocycles. The number of hydrogen-bond acceptors (Lipinski definition) is 6. The highest BCUT2D eigenvalue weighted by Crippen LogP contribution is 2.18. The summed E-state index contributed by atoms with van der Waals surface area (Å²) in [6, 6.07) is 7.23. The van der Waals surface area contributed by atoms with Crippen LogP contribution in [0.4, 0.5) is 0 Å². The number of amides is 2. The molecule has 0 spiro atoms. The van der Waals surface area contributed by atoms with Gasteiger partial charge in [-0.15, -0.1) is 0 Å². The van der Waals surface area contributed by atoms with Gasteiger partial charge >= 0.3 is 0 Å². The van der Waals surface area contributed by atoms with Crippen LogP contribution in [0.15, 0.2) is 59.9 Å². The van der Waals surface area contributed by atoms with Gasteiger partial charge in [0, 0.05) is 12.7 Å². The zero-order valence-corrected chi connectivity index (χ0v) is 18.8. The summed E-state index contributed by atoms with van der Waals surface area (Å²) in [5, 5.41) is 0.